The Labute approximate surface area is 145 Å². The Bertz CT molecular complexity index is 720. The fourth-order valence-corrected chi connectivity index (χ4v) is 4.14. The average molecular weight is 335 g/mol. The lowest BCUT2D eigenvalue weighted by atomic mass is 10.3. The molecule has 2 N–H and O–H groups in total. The molecule has 0 bridgehead atoms. The molecule has 0 aromatic heterocycles. The van der Waals surface area contributed by atoms with Gasteiger partial charge in [0.25, 0.3) is 0 Å². The van der Waals surface area contributed by atoms with Gasteiger partial charge in [0, 0.05) is 16.7 Å². The predicted octanol–water partition coefficient (Wildman–Crippen LogP) is 4.74. The molecular formula is C20H22N3P. The molecule has 0 amide bonds. The summed E-state index contributed by atoms with van der Waals surface area (Å²) < 4.78 is 2.32. The van der Waals surface area contributed by atoms with Crippen LogP contribution in [-0.4, -0.2) is 18.4 Å². The summed E-state index contributed by atoms with van der Waals surface area (Å²) in [6.45, 7) is 0.768. The zero-order valence-electron chi connectivity index (χ0n) is 13.8. The second-order valence-corrected chi connectivity index (χ2v) is 7.53. The molecular weight excluding hydrogens is 313 g/mol. The van der Waals surface area contributed by atoms with E-state index in [1.807, 2.05) is 24.3 Å². The van der Waals surface area contributed by atoms with E-state index in [1.165, 1.54) is 5.30 Å². The highest BCUT2D eigenvalue weighted by Gasteiger charge is 2.17. The van der Waals surface area contributed by atoms with Gasteiger partial charge in [-0.25, -0.2) is 4.67 Å². The van der Waals surface area contributed by atoms with E-state index in [9.17, 15) is 0 Å². The number of benzene rings is 3. The Morgan fingerprint density at radius 3 is 1.79 bits per heavy atom. The van der Waals surface area contributed by atoms with E-state index in [1.54, 1.807) is 0 Å². The van der Waals surface area contributed by atoms with Crippen LogP contribution in [0, 0.1) is 0 Å². The molecule has 3 rings (SSSR count). The zero-order valence-corrected chi connectivity index (χ0v) is 14.7. The van der Waals surface area contributed by atoms with Crippen molar-refractivity contribution in [2.75, 3.05) is 24.1 Å². The summed E-state index contributed by atoms with van der Waals surface area (Å²) in [5.74, 6) is 0. The van der Waals surface area contributed by atoms with Gasteiger partial charge in [-0.3, -0.25) is 0 Å². The average Bonchev–Trinajstić information content (AvgIpc) is 2.66. The van der Waals surface area contributed by atoms with Crippen molar-refractivity contribution in [3.05, 3.63) is 91.0 Å². The maximum absolute atomic E-state index is 3.68. The minimum atomic E-state index is -0.669. The molecule has 3 aromatic rings. The molecule has 3 nitrogen and oxygen atoms in total. The maximum Gasteiger partial charge on any atom is 0.0988 e. The lowest BCUT2D eigenvalue weighted by molar-refractivity contribution is 0.596. The number of nitrogens with zero attached hydrogens (tertiary/aromatic N) is 1. The van der Waals surface area contributed by atoms with Crippen LogP contribution < -0.4 is 15.7 Å². The second-order valence-electron chi connectivity index (χ2n) is 5.48. The molecule has 0 saturated carbocycles. The first-order valence-corrected chi connectivity index (χ1v) is 9.29. The third kappa shape index (κ3) is 4.58. The molecule has 0 aliphatic heterocycles. The fraction of sp³-hybridized carbons (Fsp3) is 0.100. The molecule has 0 heterocycles. The van der Waals surface area contributed by atoms with Gasteiger partial charge in [-0.1, -0.05) is 66.7 Å². The predicted molar refractivity (Wildman–Crippen MR) is 106 cm³/mol. The van der Waals surface area contributed by atoms with Crippen LogP contribution in [0.4, 0.5) is 11.4 Å². The van der Waals surface area contributed by atoms with Crippen LogP contribution in [-0.2, 0) is 0 Å². The van der Waals surface area contributed by atoms with E-state index in [4.69, 9.17) is 0 Å². The Hall–Kier alpha value is -2.35. The van der Waals surface area contributed by atoms with Crippen molar-refractivity contribution in [2.24, 2.45) is 0 Å². The number of nitrogens with one attached hydrogen (secondary N) is 2. The third-order valence-electron chi connectivity index (χ3n) is 3.64. The van der Waals surface area contributed by atoms with Gasteiger partial charge in [-0.15, -0.1) is 0 Å². The molecule has 0 aliphatic rings. The number of anilines is 2. The van der Waals surface area contributed by atoms with Crippen LogP contribution in [0.2, 0.25) is 0 Å². The van der Waals surface area contributed by atoms with E-state index in [0.717, 1.165) is 18.0 Å². The lowest BCUT2D eigenvalue weighted by Gasteiger charge is -2.30. The molecule has 3 aromatic carbocycles. The molecule has 0 fully saturated rings. The molecule has 0 radical (unpaired) electrons. The first kappa shape index (κ1) is 16.5. The van der Waals surface area contributed by atoms with Crippen LogP contribution in [0.5, 0.6) is 0 Å². The normalized spacial score (nSPS) is 11.9. The number of rotatable bonds is 7. The van der Waals surface area contributed by atoms with Gasteiger partial charge >= 0.3 is 0 Å². The molecule has 0 spiro atoms. The Kier molecular flexibility index (Phi) is 5.84. The van der Waals surface area contributed by atoms with Crippen LogP contribution in [0.3, 0.4) is 0 Å². The minimum Gasteiger partial charge on any atom is -0.372 e. The standard InChI is InChI=1S/C20H22N3P/c1-23(17-21-18-11-5-2-6-12-18)24(20-15-9-4-10-16-20)22-19-13-7-3-8-14-19/h2-16,21-22H,17H2,1H3. The number of hydrogen-bond donors (Lipinski definition) is 2. The van der Waals surface area contributed by atoms with Crippen molar-refractivity contribution in [2.45, 2.75) is 0 Å². The van der Waals surface area contributed by atoms with E-state index in [0.29, 0.717) is 0 Å². The molecule has 0 aliphatic carbocycles. The summed E-state index contributed by atoms with van der Waals surface area (Å²) in [7, 11) is 1.47. The Morgan fingerprint density at radius 1 is 0.708 bits per heavy atom. The van der Waals surface area contributed by atoms with Crippen LogP contribution in [0.15, 0.2) is 91.0 Å². The number of para-hydroxylation sites is 2. The highest BCUT2D eigenvalue weighted by molar-refractivity contribution is 7.64. The van der Waals surface area contributed by atoms with Gasteiger partial charge in [0.2, 0.25) is 0 Å². The minimum absolute atomic E-state index is 0.669. The van der Waals surface area contributed by atoms with Gasteiger partial charge in [-0.05, 0) is 31.3 Å². The molecule has 1 unspecified atom stereocenters. The van der Waals surface area contributed by atoms with Gasteiger partial charge in [0.1, 0.15) is 0 Å². The van der Waals surface area contributed by atoms with E-state index < -0.39 is 8.22 Å². The largest absolute Gasteiger partial charge is 0.372 e. The van der Waals surface area contributed by atoms with Crippen molar-refractivity contribution in [1.29, 1.82) is 0 Å². The number of hydrogen-bond acceptors (Lipinski definition) is 3. The molecule has 122 valence electrons. The fourth-order valence-electron chi connectivity index (χ4n) is 2.38. The van der Waals surface area contributed by atoms with Crippen molar-refractivity contribution < 1.29 is 0 Å². The smallest absolute Gasteiger partial charge is 0.0988 e. The summed E-state index contributed by atoms with van der Waals surface area (Å²) in [5.41, 5.74) is 2.27. The first-order chi connectivity index (χ1) is 11.8. The van der Waals surface area contributed by atoms with Gasteiger partial charge in [-0.2, -0.15) is 0 Å². The molecule has 0 saturated heterocycles. The second kappa shape index (κ2) is 8.49. The Morgan fingerprint density at radius 2 is 1.21 bits per heavy atom. The summed E-state index contributed by atoms with van der Waals surface area (Å²) >= 11 is 0. The lowest BCUT2D eigenvalue weighted by Crippen LogP contribution is -2.27. The maximum atomic E-state index is 3.68. The quantitative estimate of drug-likeness (QED) is 0.482. The van der Waals surface area contributed by atoms with Crippen molar-refractivity contribution >= 4 is 24.9 Å². The highest BCUT2D eigenvalue weighted by atomic mass is 31.1. The van der Waals surface area contributed by atoms with E-state index in [-0.39, 0.29) is 0 Å². The van der Waals surface area contributed by atoms with Crippen LogP contribution >= 0.6 is 8.22 Å². The van der Waals surface area contributed by atoms with Crippen molar-refractivity contribution in [3.63, 3.8) is 0 Å². The Balaban J connectivity index is 1.73. The van der Waals surface area contributed by atoms with Crippen molar-refractivity contribution in [3.8, 4) is 0 Å². The third-order valence-corrected chi connectivity index (χ3v) is 5.72. The molecule has 4 heteroatoms. The van der Waals surface area contributed by atoms with Crippen LogP contribution in [0.1, 0.15) is 0 Å². The highest BCUT2D eigenvalue weighted by Crippen LogP contribution is 2.38. The van der Waals surface area contributed by atoms with E-state index in [2.05, 4.69) is 88.9 Å². The topological polar surface area (TPSA) is 27.3 Å². The molecule has 24 heavy (non-hydrogen) atoms. The van der Waals surface area contributed by atoms with Gasteiger partial charge in [0.15, 0.2) is 0 Å². The summed E-state index contributed by atoms with van der Waals surface area (Å²) in [5, 5.41) is 8.46. The summed E-state index contributed by atoms with van der Waals surface area (Å²) in [6.07, 6.45) is 0. The zero-order chi connectivity index (χ0) is 16.6. The van der Waals surface area contributed by atoms with E-state index >= 15 is 0 Å². The van der Waals surface area contributed by atoms with Gasteiger partial charge < -0.3 is 10.4 Å². The van der Waals surface area contributed by atoms with Gasteiger partial charge in [0.05, 0.1) is 14.9 Å². The summed E-state index contributed by atoms with van der Waals surface area (Å²) in [6, 6.07) is 31.3. The monoisotopic (exact) mass is 335 g/mol. The summed E-state index contributed by atoms with van der Waals surface area (Å²) in [4.78, 5) is 0. The molecule has 1 atom stereocenters. The van der Waals surface area contributed by atoms with Crippen LogP contribution in [0.25, 0.3) is 0 Å². The SMILES string of the molecule is CN(CNc1ccccc1)P(Nc1ccccc1)c1ccccc1. The first-order valence-electron chi connectivity index (χ1n) is 8.00. The van der Waals surface area contributed by atoms with Crippen molar-refractivity contribution in [1.82, 2.24) is 4.67 Å².